The fraction of sp³-hybridized carbons (Fsp3) is 0.375. The van der Waals surface area contributed by atoms with Gasteiger partial charge in [0.15, 0.2) is 5.16 Å². The van der Waals surface area contributed by atoms with Crippen LogP contribution in [0.2, 0.25) is 0 Å². The summed E-state index contributed by atoms with van der Waals surface area (Å²) in [5.74, 6) is 2.43. The van der Waals surface area contributed by atoms with Crippen LogP contribution in [0.25, 0.3) is 5.69 Å². The Bertz CT molecular complexity index is 1070. The number of nitrogens with zero attached hydrogens (tertiary/aromatic N) is 3. The summed E-state index contributed by atoms with van der Waals surface area (Å²) in [7, 11) is 1.66. The molecule has 1 N–H and O–H groups in total. The molecule has 0 spiro atoms. The Morgan fingerprint density at radius 3 is 2.58 bits per heavy atom. The Morgan fingerprint density at radius 2 is 1.90 bits per heavy atom. The Morgan fingerprint density at radius 1 is 1.16 bits per heavy atom. The summed E-state index contributed by atoms with van der Waals surface area (Å²) in [4.78, 5) is 12.8. The van der Waals surface area contributed by atoms with Crippen LogP contribution in [0.3, 0.4) is 0 Å². The molecule has 31 heavy (non-hydrogen) atoms. The number of ether oxygens (including phenoxy) is 1. The van der Waals surface area contributed by atoms with Gasteiger partial charge in [-0.1, -0.05) is 36.0 Å². The van der Waals surface area contributed by atoms with Gasteiger partial charge < -0.3 is 10.1 Å². The van der Waals surface area contributed by atoms with Gasteiger partial charge >= 0.3 is 0 Å². The zero-order valence-electron chi connectivity index (χ0n) is 18.4. The first-order chi connectivity index (χ1) is 15.0. The normalized spacial score (nSPS) is 14.3. The molecule has 0 saturated heterocycles. The third-order valence-corrected chi connectivity index (χ3v) is 6.55. The average molecular weight is 437 g/mol. The summed E-state index contributed by atoms with van der Waals surface area (Å²) in [5.41, 5.74) is 4.50. The fourth-order valence-electron chi connectivity index (χ4n) is 3.73. The molecule has 7 heteroatoms. The van der Waals surface area contributed by atoms with E-state index in [1.165, 1.54) is 17.3 Å². The van der Waals surface area contributed by atoms with E-state index in [0.29, 0.717) is 11.7 Å². The third-order valence-electron chi connectivity index (χ3n) is 5.62. The summed E-state index contributed by atoms with van der Waals surface area (Å²) >= 11 is 1.42. The molecule has 3 aromatic rings. The molecule has 1 unspecified atom stereocenters. The van der Waals surface area contributed by atoms with Gasteiger partial charge in [0, 0.05) is 0 Å². The summed E-state index contributed by atoms with van der Waals surface area (Å²) in [6.45, 7) is 6.08. The predicted octanol–water partition coefficient (Wildman–Crippen LogP) is 4.56. The van der Waals surface area contributed by atoms with Crippen LogP contribution in [0.5, 0.6) is 5.75 Å². The van der Waals surface area contributed by atoms with Gasteiger partial charge in [0.25, 0.3) is 0 Å². The largest absolute Gasteiger partial charge is 0.497 e. The van der Waals surface area contributed by atoms with E-state index in [1.54, 1.807) is 7.11 Å². The van der Waals surface area contributed by atoms with Crippen LogP contribution < -0.4 is 10.1 Å². The van der Waals surface area contributed by atoms with Crippen LogP contribution in [0.15, 0.2) is 47.6 Å². The van der Waals surface area contributed by atoms with Crippen molar-refractivity contribution < 1.29 is 9.53 Å². The highest BCUT2D eigenvalue weighted by Crippen LogP contribution is 2.41. The fourth-order valence-corrected chi connectivity index (χ4v) is 4.54. The van der Waals surface area contributed by atoms with Crippen LogP contribution in [0, 0.1) is 26.7 Å². The van der Waals surface area contributed by atoms with Crippen molar-refractivity contribution in [3.63, 3.8) is 0 Å². The molecule has 1 aliphatic rings. The minimum atomic E-state index is 0.00545. The van der Waals surface area contributed by atoms with Gasteiger partial charge in [-0.15, -0.1) is 10.2 Å². The number of hydrogen-bond acceptors (Lipinski definition) is 5. The van der Waals surface area contributed by atoms with Gasteiger partial charge in [-0.3, -0.25) is 9.36 Å². The summed E-state index contributed by atoms with van der Waals surface area (Å²) in [5, 5.41) is 12.5. The van der Waals surface area contributed by atoms with E-state index >= 15 is 0 Å². The van der Waals surface area contributed by atoms with Gasteiger partial charge in [-0.2, -0.15) is 0 Å². The molecular formula is C24H28N4O2S. The van der Waals surface area contributed by atoms with Gasteiger partial charge in [0.1, 0.15) is 11.6 Å². The molecule has 0 radical (unpaired) electrons. The number of carbonyl (C=O) groups is 1. The van der Waals surface area contributed by atoms with Gasteiger partial charge in [0.2, 0.25) is 5.91 Å². The van der Waals surface area contributed by atoms with Crippen LogP contribution in [0.4, 0.5) is 0 Å². The van der Waals surface area contributed by atoms with Crippen molar-refractivity contribution in [1.29, 1.82) is 0 Å². The number of aryl methyl sites for hydroxylation is 3. The van der Waals surface area contributed by atoms with Crippen molar-refractivity contribution in [3.05, 3.63) is 65.0 Å². The van der Waals surface area contributed by atoms with E-state index in [1.807, 2.05) is 35.8 Å². The topological polar surface area (TPSA) is 69.0 Å². The minimum Gasteiger partial charge on any atom is -0.497 e. The molecule has 1 amide bonds. The quantitative estimate of drug-likeness (QED) is 0.524. The van der Waals surface area contributed by atoms with Crippen LogP contribution in [-0.4, -0.2) is 33.5 Å². The molecule has 2 aromatic carbocycles. The molecule has 0 bridgehead atoms. The van der Waals surface area contributed by atoms with Crippen molar-refractivity contribution in [2.75, 3.05) is 12.9 Å². The smallest absolute Gasteiger partial charge is 0.230 e. The van der Waals surface area contributed by atoms with Crippen molar-refractivity contribution in [1.82, 2.24) is 20.1 Å². The molecule has 1 heterocycles. The summed E-state index contributed by atoms with van der Waals surface area (Å²) < 4.78 is 7.28. The Labute approximate surface area is 187 Å². The maximum atomic E-state index is 12.8. The van der Waals surface area contributed by atoms with Crippen LogP contribution in [0.1, 0.15) is 41.4 Å². The second-order valence-corrected chi connectivity index (χ2v) is 9.04. The SMILES string of the molecule is COc1ccc(C(NC(=O)CSc2nnc(C)n2-c2cc(C)ccc2C)C2CC2)cc1. The molecule has 1 aliphatic carbocycles. The van der Waals surface area contributed by atoms with E-state index < -0.39 is 0 Å². The number of methoxy groups -OCH3 is 1. The number of amides is 1. The molecule has 1 fully saturated rings. The van der Waals surface area contributed by atoms with Gasteiger partial charge in [0.05, 0.1) is 24.6 Å². The molecule has 1 atom stereocenters. The summed E-state index contributed by atoms with van der Waals surface area (Å²) in [6.07, 6.45) is 2.29. The average Bonchev–Trinajstić information content (AvgIpc) is 3.55. The first-order valence-electron chi connectivity index (χ1n) is 10.5. The number of aromatic nitrogens is 3. The van der Waals surface area contributed by atoms with Crippen molar-refractivity contribution in [2.24, 2.45) is 5.92 Å². The van der Waals surface area contributed by atoms with E-state index in [-0.39, 0.29) is 11.9 Å². The van der Waals surface area contributed by atoms with E-state index in [4.69, 9.17) is 4.74 Å². The van der Waals surface area contributed by atoms with E-state index in [2.05, 4.69) is 47.6 Å². The number of hydrogen-bond donors (Lipinski definition) is 1. The van der Waals surface area contributed by atoms with Crippen molar-refractivity contribution in [3.8, 4) is 11.4 Å². The first-order valence-corrected chi connectivity index (χ1v) is 11.5. The number of thioether (sulfide) groups is 1. The third kappa shape index (κ3) is 4.93. The zero-order valence-corrected chi connectivity index (χ0v) is 19.2. The van der Waals surface area contributed by atoms with E-state index in [0.717, 1.165) is 46.4 Å². The summed E-state index contributed by atoms with van der Waals surface area (Å²) in [6, 6.07) is 14.3. The number of rotatable bonds is 8. The molecular weight excluding hydrogens is 408 g/mol. The lowest BCUT2D eigenvalue weighted by molar-refractivity contribution is -0.119. The zero-order chi connectivity index (χ0) is 22.0. The number of carbonyl (C=O) groups excluding carboxylic acids is 1. The molecule has 6 nitrogen and oxygen atoms in total. The molecule has 1 saturated carbocycles. The number of nitrogens with one attached hydrogen (secondary N) is 1. The van der Waals surface area contributed by atoms with Crippen LogP contribution >= 0.6 is 11.8 Å². The molecule has 1 aromatic heterocycles. The lowest BCUT2D eigenvalue weighted by atomic mass is 10.0. The highest BCUT2D eigenvalue weighted by atomic mass is 32.2. The predicted molar refractivity (Wildman–Crippen MR) is 123 cm³/mol. The van der Waals surface area contributed by atoms with E-state index in [9.17, 15) is 4.79 Å². The second-order valence-electron chi connectivity index (χ2n) is 8.10. The molecule has 162 valence electrons. The maximum absolute atomic E-state index is 12.8. The maximum Gasteiger partial charge on any atom is 0.230 e. The van der Waals surface area contributed by atoms with Gasteiger partial charge in [-0.05, 0) is 74.4 Å². The first kappa shape index (κ1) is 21.4. The molecule has 0 aliphatic heterocycles. The highest BCUT2D eigenvalue weighted by molar-refractivity contribution is 7.99. The molecule has 4 rings (SSSR count). The van der Waals surface area contributed by atoms with Gasteiger partial charge in [-0.25, -0.2) is 0 Å². The lowest BCUT2D eigenvalue weighted by Gasteiger charge is -2.19. The number of benzene rings is 2. The van der Waals surface area contributed by atoms with Crippen LogP contribution in [-0.2, 0) is 4.79 Å². The standard InChI is InChI=1S/C24H28N4O2S/c1-15-5-6-16(2)21(13-15)28-17(3)26-27-24(28)31-14-22(29)25-23(18-7-8-18)19-9-11-20(30-4)12-10-19/h5-6,9-13,18,23H,7-8,14H2,1-4H3,(H,25,29). The Kier molecular flexibility index (Phi) is 6.32. The lowest BCUT2D eigenvalue weighted by Crippen LogP contribution is -2.31. The van der Waals surface area contributed by atoms with Crippen molar-refractivity contribution in [2.45, 2.75) is 44.8 Å². The Hall–Kier alpha value is -2.80. The monoisotopic (exact) mass is 436 g/mol. The van der Waals surface area contributed by atoms with Crippen molar-refractivity contribution >= 4 is 17.7 Å². The Balaban J connectivity index is 1.46. The minimum absolute atomic E-state index is 0.00545. The second kappa shape index (κ2) is 9.14. The highest BCUT2D eigenvalue weighted by Gasteiger charge is 2.33.